The number of rotatable bonds is 6. The first-order valence-corrected chi connectivity index (χ1v) is 7.80. The number of carbonyl (C=O) groups excluding carboxylic acids is 1. The van der Waals surface area contributed by atoms with Gasteiger partial charge in [-0.15, -0.1) is 0 Å². The maximum Gasteiger partial charge on any atom is 0.376 e. The largest absolute Gasteiger partial charge is 0.497 e. The van der Waals surface area contributed by atoms with Gasteiger partial charge < -0.3 is 19.3 Å². The van der Waals surface area contributed by atoms with Gasteiger partial charge in [-0.05, 0) is 31.5 Å². The molecule has 1 aromatic carbocycles. The third-order valence-corrected chi connectivity index (χ3v) is 3.58. The molecule has 8 heteroatoms. The lowest BCUT2D eigenvalue weighted by molar-refractivity contribution is 0.0512. The molecule has 8 nitrogen and oxygen atoms in total. The first-order chi connectivity index (χ1) is 12.1. The molecule has 0 bridgehead atoms. The fourth-order valence-electron chi connectivity index (χ4n) is 2.33. The summed E-state index contributed by atoms with van der Waals surface area (Å²) in [4.78, 5) is 20.3. The molecule has 0 saturated carbocycles. The van der Waals surface area contributed by atoms with Gasteiger partial charge in [0.15, 0.2) is 0 Å². The zero-order valence-corrected chi connectivity index (χ0v) is 14.2. The molecule has 0 aliphatic carbocycles. The Morgan fingerprint density at radius 2 is 2.00 bits per heavy atom. The Kier molecular flexibility index (Phi) is 4.78. The summed E-state index contributed by atoms with van der Waals surface area (Å²) in [7, 11) is 1.62. The lowest BCUT2D eigenvalue weighted by Gasteiger charge is -2.09. The molecule has 0 spiro atoms. The molecule has 3 aromatic rings. The molecule has 0 aliphatic rings. The van der Waals surface area contributed by atoms with E-state index in [9.17, 15) is 4.79 Å². The number of ether oxygens (including phenoxy) is 2. The van der Waals surface area contributed by atoms with Crippen LogP contribution in [0.2, 0.25) is 0 Å². The molecule has 0 amide bonds. The van der Waals surface area contributed by atoms with Crippen LogP contribution in [-0.2, 0) is 11.3 Å². The zero-order valence-electron chi connectivity index (χ0n) is 14.2. The number of nitrogens with one attached hydrogen (secondary N) is 1. The number of nitrogens with zero attached hydrogens (tertiary/aromatic N) is 3. The third kappa shape index (κ3) is 3.52. The Bertz CT molecular complexity index is 890. The molecule has 25 heavy (non-hydrogen) atoms. The third-order valence-electron chi connectivity index (χ3n) is 3.58. The van der Waals surface area contributed by atoms with Gasteiger partial charge in [0.05, 0.1) is 19.4 Å². The van der Waals surface area contributed by atoms with Crippen LogP contribution in [0.4, 0.5) is 5.82 Å². The number of hydrogen-bond donors (Lipinski definition) is 1. The van der Waals surface area contributed by atoms with Crippen LogP contribution >= 0.6 is 0 Å². The minimum atomic E-state index is -0.606. The molecule has 3 rings (SSSR count). The molecule has 0 radical (unpaired) electrons. The Morgan fingerprint density at radius 3 is 2.68 bits per heavy atom. The highest BCUT2D eigenvalue weighted by molar-refractivity contribution is 5.93. The second-order valence-corrected chi connectivity index (χ2v) is 5.27. The van der Waals surface area contributed by atoms with Crippen molar-refractivity contribution in [1.82, 2.24) is 15.1 Å². The van der Waals surface area contributed by atoms with Crippen LogP contribution in [0.15, 0.2) is 28.8 Å². The van der Waals surface area contributed by atoms with Gasteiger partial charge in [0.1, 0.15) is 17.0 Å². The normalized spacial score (nSPS) is 10.7. The summed E-state index contributed by atoms with van der Waals surface area (Å²) in [5.74, 6) is 0.587. The lowest BCUT2D eigenvalue weighted by Crippen LogP contribution is -2.12. The van der Waals surface area contributed by atoms with Crippen molar-refractivity contribution in [2.45, 2.75) is 20.4 Å². The van der Waals surface area contributed by atoms with Crippen LogP contribution in [0.3, 0.4) is 0 Å². The van der Waals surface area contributed by atoms with E-state index in [1.54, 1.807) is 21.0 Å². The van der Waals surface area contributed by atoms with E-state index in [4.69, 9.17) is 14.0 Å². The Labute approximate surface area is 144 Å². The molecule has 0 fully saturated rings. The number of aryl methyl sites for hydroxylation is 1. The SMILES string of the molecule is CCOC(=O)c1nc(NCc2ccc(OC)cc2)c2c(C)noc2n1. The summed E-state index contributed by atoms with van der Waals surface area (Å²) >= 11 is 0. The second kappa shape index (κ2) is 7.16. The Balaban J connectivity index is 1.89. The molecule has 0 aliphatic heterocycles. The molecular weight excluding hydrogens is 324 g/mol. The second-order valence-electron chi connectivity index (χ2n) is 5.27. The van der Waals surface area contributed by atoms with Crippen LogP contribution in [-0.4, -0.2) is 34.8 Å². The van der Waals surface area contributed by atoms with Crippen molar-refractivity contribution in [3.8, 4) is 5.75 Å². The number of anilines is 1. The van der Waals surface area contributed by atoms with E-state index in [-0.39, 0.29) is 18.1 Å². The number of fused-ring (bicyclic) bond motifs is 1. The highest BCUT2D eigenvalue weighted by atomic mass is 16.5. The van der Waals surface area contributed by atoms with E-state index in [1.165, 1.54) is 0 Å². The Morgan fingerprint density at radius 1 is 1.24 bits per heavy atom. The van der Waals surface area contributed by atoms with Crippen molar-refractivity contribution in [3.05, 3.63) is 41.3 Å². The minimum absolute atomic E-state index is 0.0669. The van der Waals surface area contributed by atoms with Crippen molar-refractivity contribution >= 4 is 22.9 Å². The zero-order chi connectivity index (χ0) is 17.8. The van der Waals surface area contributed by atoms with Crippen LogP contribution in [0.5, 0.6) is 5.75 Å². The molecule has 0 unspecified atom stereocenters. The average Bonchev–Trinajstić information content (AvgIpc) is 3.01. The van der Waals surface area contributed by atoms with Crippen molar-refractivity contribution < 1.29 is 18.8 Å². The summed E-state index contributed by atoms with van der Waals surface area (Å²) in [6.07, 6.45) is 0. The highest BCUT2D eigenvalue weighted by Crippen LogP contribution is 2.24. The van der Waals surface area contributed by atoms with E-state index in [0.29, 0.717) is 23.4 Å². The van der Waals surface area contributed by atoms with Crippen molar-refractivity contribution in [3.63, 3.8) is 0 Å². The molecule has 130 valence electrons. The van der Waals surface area contributed by atoms with Gasteiger partial charge >= 0.3 is 5.97 Å². The van der Waals surface area contributed by atoms with E-state index >= 15 is 0 Å². The van der Waals surface area contributed by atoms with Crippen molar-refractivity contribution in [2.24, 2.45) is 0 Å². The monoisotopic (exact) mass is 342 g/mol. The van der Waals surface area contributed by atoms with Crippen LogP contribution in [0, 0.1) is 6.92 Å². The van der Waals surface area contributed by atoms with Crippen LogP contribution in [0.1, 0.15) is 28.8 Å². The van der Waals surface area contributed by atoms with Gasteiger partial charge in [-0.1, -0.05) is 17.3 Å². The van der Waals surface area contributed by atoms with Gasteiger partial charge in [-0.3, -0.25) is 0 Å². The van der Waals surface area contributed by atoms with Gasteiger partial charge in [-0.25, -0.2) is 9.78 Å². The topological polar surface area (TPSA) is 99.4 Å². The summed E-state index contributed by atoms with van der Waals surface area (Å²) in [6.45, 7) is 4.25. The molecule has 1 N–H and O–H groups in total. The quantitative estimate of drug-likeness (QED) is 0.683. The van der Waals surface area contributed by atoms with Gasteiger partial charge in [0, 0.05) is 6.54 Å². The maximum absolute atomic E-state index is 11.9. The maximum atomic E-state index is 11.9. The summed E-state index contributed by atoms with van der Waals surface area (Å²) in [6, 6.07) is 7.64. The molecule has 2 heterocycles. The molecule has 0 saturated heterocycles. The number of aromatic nitrogens is 3. The minimum Gasteiger partial charge on any atom is -0.497 e. The lowest BCUT2D eigenvalue weighted by atomic mass is 10.2. The van der Waals surface area contributed by atoms with Crippen molar-refractivity contribution in [1.29, 1.82) is 0 Å². The number of carbonyl (C=O) groups is 1. The van der Waals surface area contributed by atoms with Gasteiger partial charge in [-0.2, -0.15) is 4.98 Å². The predicted octanol–water partition coefficient (Wildman–Crippen LogP) is 2.72. The smallest absolute Gasteiger partial charge is 0.376 e. The van der Waals surface area contributed by atoms with E-state index in [1.807, 2.05) is 24.3 Å². The number of esters is 1. The molecular formula is C17H18N4O4. The van der Waals surface area contributed by atoms with E-state index < -0.39 is 5.97 Å². The highest BCUT2D eigenvalue weighted by Gasteiger charge is 2.19. The summed E-state index contributed by atoms with van der Waals surface area (Å²) in [5, 5.41) is 7.74. The van der Waals surface area contributed by atoms with Crippen LogP contribution in [0.25, 0.3) is 11.1 Å². The fraction of sp³-hybridized carbons (Fsp3) is 0.294. The standard InChI is InChI=1S/C17H18N4O4/c1-4-24-17(22)15-19-14(13-10(2)21-25-16(13)20-15)18-9-11-5-7-12(23-3)8-6-11/h5-8H,4,9H2,1-3H3,(H,18,19,20). The van der Waals surface area contributed by atoms with Crippen molar-refractivity contribution in [2.75, 3.05) is 19.0 Å². The first kappa shape index (κ1) is 16.7. The summed E-state index contributed by atoms with van der Waals surface area (Å²) in [5.41, 5.74) is 1.91. The number of hydrogen-bond acceptors (Lipinski definition) is 8. The average molecular weight is 342 g/mol. The molecule has 2 aromatic heterocycles. The number of benzene rings is 1. The first-order valence-electron chi connectivity index (χ1n) is 7.80. The van der Waals surface area contributed by atoms with Crippen LogP contribution < -0.4 is 10.1 Å². The van der Waals surface area contributed by atoms with E-state index in [0.717, 1.165) is 11.3 Å². The fourth-order valence-corrected chi connectivity index (χ4v) is 2.33. The van der Waals surface area contributed by atoms with Gasteiger partial charge in [0.25, 0.3) is 5.71 Å². The molecule has 0 atom stereocenters. The predicted molar refractivity (Wildman–Crippen MR) is 90.6 cm³/mol. The van der Waals surface area contributed by atoms with Gasteiger partial charge in [0.2, 0.25) is 5.82 Å². The Hall–Kier alpha value is -3.16. The van der Waals surface area contributed by atoms with E-state index in [2.05, 4.69) is 20.4 Å². The number of methoxy groups -OCH3 is 1. The summed E-state index contributed by atoms with van der Waals surface area (Å²) < 4.78 is 15.3.